The highest BCUT2D eigenvalue weighted by molar-refractivity contribution is 7.87. The van der Waals surface area contributed by atoms with Crippen molar-refractivity contribution in [2.45, 2.75) is 4.90 Å². The number of esters is 1. The zero-order chi connectivity index (χ0) is 19.6. The minimum absolute atomic E-state index is 0.0581. The van der Waals surface area contributed by atoms with E-state index in [-0.39, 0.29) is 21.3 Å². The van der Waals surface area contributed by atoms with E-state index in [4.69, 9.17) is 18.4 Å². The summed E-state index contributed by atoms with van der Waals surface area (Å²) in [5.74, 6) is -0.107. The molecule has 2 aromatic carbocycles. The van der Waals surface area contributed by atoms with Crippen molar-refractivity contribution in [1.82, 2.24) is 0 Å². The Morgan fingerprint density at radius 3 is 2.33 bits per heavy atom. The van der Waals surface area contributed by atoms with E-state index in [1.807, 2.05) is 0 Å². The van der Waals surface area contributed by atoms with Crippen molar-refractivity contribution >= 4 is 37.5 Å². The molecule has 0 bridgehead atoms. The Morgan fingerprint density at radius 2 is 1.67 bits per heavy atom. The molecule has 3 rings (SSSR count). The summed E-state index contributed by atoms with van der Waals surface area (Å²) in [5.41, 5.74) is 0. The van der Waals surface area contributed by atoms with Crippen LogP contribution >= 0.6 is 11.3 Å². The number of ether oxygens (including phenoxy) is 3. The Kier molecular flexibility index (Phi) is 5.24. The van der Waals surface area contributed by atoms with Crippen LogP contribution in [0.3, 0.4) is 0 Å². The topological polar surface area (TPSA) is 88.1 Å². The summed E-state index contributed by atoms with van der Waals surface area (Å²) in [7, 11) is -0.165. The van der Waals surface area contributed by atoms with Crippen LogP contribution in [0.25, 0.3) is 10.1 Å². The average molecular weight is 408 g/mol. The monoisotopic (exact) mass is 408 g/mol. The molecule has 0 N–H and O–H groups in total. The molecule has 0 unspecified atom stereocenters. The summed E-state index contributed by atoms with van der Waals surface area (Å²) in [6.45, 7) is 0. The van der Waals surface area contributed by atoms with E-state index in [1.165, 1.54) is 39.5 Å². The third kappa shape index (κ3) is 3.56. The lowest BCUT2D eigenvalue weighted by atomic mass is 10.2. The number of methoxy groups -OCH3 is 3. The molecule has 0 saturated carbocycles. The van der Waals surface area contributed by atoms with Crippen LogP contribution in [0.2, 0.25) is 0 Å². The first kappa shape index (κ1) is 19.0. The van der Waals surface area contributed by atoms with Crippen molar-refractivity contribution in [2.75, 3.05) is 21.3 Å². The second-order valence-corrected chi connectivity index (χ2v) is 7.90. The van der Waals surface area contributed by atoms with Crippen molar-refractivity contribution < 1.29 is 31.6 Å². The van der Waals surface area contributed by atoms with Gasteiger partial charge in [-0.2, -0.15) is 8.42 Å². The zero-order valence-corrected chi connectivity index (χ0v) is 16.3. The normalized spacial score (nSPS) is 11.2. The van der Waals surface area contributed by atoms with E-state index < -0.39 is 16.1 Å². The van der Waals surface area contributed by atoms with Crippen molar-refractivity contribution in [1.29, 1.82) is 0 Å². The third-order valence-corrected chi connectivity index (χ3v) is 6.11. The molecule has 0 saturated heterocycles. The van der Waals surface area contributed by atoms with E-state index in [0.29, 0.717) is 15.8 Å². The molecule has 142 valence electrons. The molecule has 0 amide bonds. The SMILES string of the molecule is COC(=O)c1sc2ccccc2c1OS(=O)(=O)c1ccc(OC)c(OC)c1. The van der Waals surface area contributed by atoms with E-state index >= 15 is 0 Å². The predicted molar refractivity (Wildman–Crippen MR) is 101 cm³/mol. The molecule has 1 aromatic heterocycles. The number of hydrogen-bond donors (Lipinski definition) is 0. The molecular formula is C18H16O7S2. The van der Waals surface area contributed by atoms with Crippen molar-refractivity contribution in [3.63, 3.8) is 0 Å². The molecule has 0 aliphatic heterocycles. The Labute approximate surface area is 160 Å². The molecule has 0 radical (unpaired) electrons. The van der Waals surface area contributed by atoms with Crippen molar-refractivity contribution in [2.24, 2.45) is 0 Å². The number of thiophene rings is 1. The maximum absolute atomic E-state index is 12.8. The summed E-state index contributed by atoms with van der Waals surface area (Å²) in [6, 6.07) is 11.0. The first-order valence-corrected chi connectivity index (χ1v) is 9.90. The van der Waals surface area contributed by atoms with Gasteiger partial charge >= 0.3 is 16.1 Å². The number of fused-ring (bicyclic) bond motifs is 1. The van der Waals surface area contributed by atoms with Crippen LogP contribution < -0.4 is 13.7 Å². The van der Waals surface area contributed by atoms with Crippen molar-refractivity contribution in [3.05, 3.63) is 47.3 Å². The first-order chi connectivity index (χ1) is 12.9. The van der Waals surface area contributed by atoms with E-state index in [2.05, 4.69) is 0 Å². The van der Waals surface area contributed by atoms with Crippen LogP contribution in [0, 0.1) is 0 Å². The van der Waals surface area contributed by atoms with Gasteiger partial charge in [-0.1, -0.05) is 12.1 Å². The Balaban J connectivity index is 2.10. The lowest BCUT2D eigenvalue weighted by Crippen LogP contribution is -2.12. The van der Waals surface area contributed by atoms with Gasteiger partial charge in [0.1, 0.15) is 4.90 Å². The van der Waals surface area contributed by atoms with Gasteiger partial charge in [-0.25, -0.2) is 4.79 Å². The van der Waals surface area contributed by atoms with Crippen LogP contribution in [-0.4, -0.2) is 35.7 Å². The third-order valence-electron chi connectivity index (χ3n) is 3.76. The molecule has 0 aliphatic rings. The molecule has 0 spiro atoms. The number of benzene rings is 2. The Morgan fingerprint density at radius 1 is 0.963 bits per heavy atom. The first-order valence-electron chi connectivity index (χ1n) is 7.67. The molecule has 0 fully saturated rings. The lowest BCUT2D eigenvalue weighted by Gasteiger charge is -2.11. The molecule has 0 aliphatic carbocycles. The van der Waals surface area contributed by atoms with Crippen LogP contribution in [0.15, 0.2) is 47.4 Å². The van der Waals surface area contributed by atoms with Gasteiger partial charge in [0.25, 0.3) is 0 Å². The zero-order valence-electron chi connectivity index (χ0n) is 14.7. The standard InChI is InChI=1S/C18H16O7S2/c1-22-13-9-8-11(10-14(13)23-2)27(20,21)25-16-12-6-4-5-7-15(12)26-17(16)18(19)24-3/h4-10H,1-3H3. The van der Waals surface area contributed by atoms with Crippen LogP contribution in [0.5, 0.6) is 17.2 Å². The largest absolute Gasteiger partial charge is 0.493 e. The van der Waals surface area contributed by atoms with Gasteiger partial charge in [0.2, 0.25) is 0 Å². The lowest BCUT2D eigenvalue weighted by molar-refractivity contribution is 0.0604. The van der Waals surface area contributed by atoms with Gasteiger partial charge in [0, 0.05) is 16.2 Å². The summed E-state index contributed by atoms with van der Waals surface area (Å²) in [5, 5.41) is 0.506. The second-order valence-electron chi connectivity index (χ2n) is 5.30. The second kappa shape index (κ2) is 7.45. The van der Waals surface area contributed by atoms with Crippen molar-refractivity contribution in [3.8, 4) is 17.2 Å². The molecule has 27 heavy (non-hydrogen) atoms. The summed E-state index contributed by atoms with van der Waals surface area (Å²) in [6.07, 6.45) is 0. The summed E-state index contributed by atoms with van der Waals surface area (Å²) in [4.78, 5) is 12.0. The van der Waals surface area contributed by atoms with Crippen LogP contribution in [0.1, 0.15) is 9.67 Å². The molecule has 0 atom stereocenters. The summed E-state index contributed by atoms with van der Waals surface area (Å²) >= 11 is 1.10. The number of hydrogen-bond acceptors (Lipinski definition) is 8. The summed E-state index contributed by atoms with van der Waals surface area (Å²) < 4.78 is 46.7. The fraction of sp³-hybridized carbons (Fsp3) is 0.167. The van der Waals surface area contributed by atoms with Gasteiger partial charge in [-0.15, -0.1) is 11.3 Å². The maximum atomic E-state index is 12.8. The van der Waals surface area contributed by atoms with Gasteiger partial charge in [0.15, 0.2) is 22.1 Å². The highest BCUT2D eigenvalue weighted by Gasteiger charge is 2.27. The minimum Gasteiger partial charge on any atom is -0.493 e. The average Bonchev–Trinajstić information content (AvgIpc) is 3.04. The molecular weight excluding hydrogens is 392 g/mol. The quantitative estimate of drug-likeness (QED) is 0.456. The van der Waals surface area contributed by atoms with Gasteiger partial charge in [-0.05, 0) is 24.3 Å². The van der Waals surface area contributed by atoms with E-state index in [0.717, 1.165) is 11.3 Å². The maximum Gasteiger partial charge on any atom is 0.351 e. The molecule has 3 aromatic rings. The van der Waals surface area contributed by atoms with Crippen LogP contribution in [-0.2, 0) is 14.9 Å². The number of carbonyl (C=O) groups excluding carboxylic acids is 1. The molecule has 1 heterocycles. The molecule has 9 heteroatoms. The Hall–Kier alpha value is -2.78. The number of rotatable bonds is 6. The Bertz CT molecular complexity index is 1100. The minimum atomic E-state index is -4.23. The van der Waals surface area contributed by atoms with Crippen LogP contribution in [0.4, 0.5) is 0 Å². The highest BCUT2D eigenvalue weighted by atomic mass is 32.2. The fourth-order valence-electron chi connectivity index (χ4n) is 2.46. The highest BCUT2D eigenvalue weighted by Crippen LogP contribution is 2.40. The number of carbonyl (C=O) groups is 1. The smallest absolute Gasteiger partial charge is 0.351 e. The van der Waals surface area contributed by atoms with Gasteiger partial charge in [0.05, 0.1) is 21.3 Å². The predicted octanol–water partition coefficient (Wildman–Crippen LogP) is 3.47. The molecule has 7 nitrogen and oxygen atoms in total. The van der Waals surface area contributed by atoms with E-state index in [9.17, 15) is 13.2 Å². The van der Waals surface area contributed by atoms with Gasteiger partial charge < -0.3 is 18.4 Å². The fourth-order valence-corrected chi connectivity index (χ4v) is 4.54. The van der Waals surface area contributed by atoms with E-state index in [1.54, 1.807) is 24.3 Å². The van der Waals surface area contributed by atoms with Gasteiger partial charge in [-0.3, -0.25) is 0 Å².